The predicted octanol–water partition coefficient (Wildman–Crippen LogP) is 4.29. The van der Waals surface area contributed by atoms with Gasteiger partial charge in [0.25, 0.3) is 0 Å². The molecule has 0 fully saturated rings. The molecule has 0 bridgehead atoms. The first-order chi connectivity index (χ1) is 11.5. The highest BCUT2D eigenvalue weighted by molar-refractivity contribution is 7.10. The quantitative estimate of drug-likeness (QED) is 0.762. The molecular weight excluding hydrogens is 322 g/mol. The fraction of sp³-hybridized carbons (Fsp3) is 0.316. The van der Waals surface area contributed by atoms with Gasteiger partial charge in [-0.3, -0.25) is 4.79 Å². The molecule has 2 rings (SSSR count). The molecule has 1 N–H and O–H groups in total. The Hall–Kier alpha value is -2.27. The third-order valence-electron chi connectivity index (χ3n) is 3.65. The third kappa shape index (κ3) is 4.61. The van der Waals surface area contributed by atoms with Crippen LogP contribution < -0.4 is 14.8 Å². The van der Waals surface area contributed by atoms with E-state index in [1.54, 1.807) is 37.7 Å². The Labute approximate surface area is 147 Å². The molecule has 5 heteroatoms. The van der Waals surface area contributed by atoms with Gasteiger partial charge in [0.15, 0.2) is 11.5 Å². The summed E-state index contributed by atoms with van der Waals surface area (Å²) in [6.45, 7) is 4.20. The van der Waals surface area contributed by atoms with Crippen molar-refractivity contribution in [1.29, 1.82) is 0 Å². The third-order valence-corrected chi connectivity index (χ3v) is 4.60. The minimum Gasteiger partial charge on any atom is -0.493 e. The maximum absolute atomic E-state index is 12.3. The summed E-state index contributed by atoms with van der Waals surface area (Å²) in [7, 11) is 3.18. The van der Waals surface area contributed by atoms with Gasteiger partial charge in [0, 0.05) is 11.0 Å². The first-order valence-corrected chi connectivity index (χ1v) is 8.67. The van der Waals surface area contributed by atoms with Gasteiger partial charge >= 0.3 is 0 Å². The summed E-state index contributed by atoms with van der Waals surface area (Å²) in [5, 5.41) is 5.09. The number of methoxy groups -OCH3 is 2. The summed E-state index contributed by atoms with van der Waals surface area (Å²) in [4.78, 5) is 13.4. The monoisotopic (exact) mass is 345 g/mol. The molecule has 0 aliphatic carbocycles. The first kappa shape index (κ1) is 18.1. The number of benzene rings is 1. The van der Waals surface area contributed by atoms with Crippen molar-refractivity contribution in [3.63, 3.8) is 0 Å². The summed E-state index contributed by atoms with van der Waals surface area (Å²) in [5.41, 5.74) is 0.875. The van der Waals surface area contributed by atoms with E-state index in [1.807, 2.05) is 35.7 Å². The molecular formula is C19H23NO3S. The molecule has 0 aliphatic rings. The van der Waals surface area contributed by atoms with Crippen LogP contribution in [0.3, 0.4) is 0 Å². The van der Waals surface area contributed by atoms with Crippen LogP contribution in [0.5, 0.6) is 11.5 Å². The van der Waals surface area contributed by atoms with E-state index in [0.717, 1.165) is 10.4 Å². The maximum atomic E-state index is 12.3. The Morgan fingerprint density at radius 2 is 1.92 bits per heavy atom. The number of thiophene rings is 1. The molecule has 24 heavy (non-hydrogen) atoms. The molecule has 2 aromatic rings. The van der Waals surface area contributed by atoms with Gasteiger partial charge in [0.05, 0.1) is 20.3 Å². The van der Waals surface area contributed by atoms with E-state index in [2.05, 4.69) is 19.2 Å². The van der Waals surface area contributed by atoms with E-state index in [4.69, 9.17) is 9.47 Å². The second-order valence-corrected chi connectivity index (χ2v) is 6.67. The molecule has 1 heterocycles. The van der Waals surface area contributed by atoms with Crippen LogP contribution >= 0.6 is 11.3 Å². The molecule has 0 unspecified atom stereocenters. The Balaban J connectivity index is 2.07. The predicted molar refractivity (Wildman–Crippen MR) is 98.6 cm³/mol. The summed E-state index contributed by atoms with van der Waals surface area (Å²) in [6.07, 6.45) is 3.31. The van der Waals surface area contributed by atoms with Crippen LogP contribution in [-0.4, -0.2) is 20.1 Å². The SMILES string of the molecule is COc1ccc(/C=C/C(=O)N[C@@H](c2cccs2)C(C)C)cc1OC. The van der Waals surface area contributed by atoms with Gasteiger partial charge in [-0.05, 0) is 41.1 Å². The van der Waals surface area contributed by atoms with Gasteiger partial charge in [-0.15, -0.1) is 11.3 Å². The number of carbonyl (C=O) groups is 1. The summed E-state index contributed by atoms with van der Waals surface area (Å²) in [5.74, 6) is 1.51. The molecule has 4 nitrogen and oxygen atoms in total. The average Bonchev–Trinajstić information content (AvgIpc) is 3.11. The van der Waals surface area contributed by atoms with Crippen molar-refractivity contribution in [3.8, 4) is 11.5 Å². The van der Waals surface area contributed by atoms with Crippen molar-refractivity contribution in [3.05, 3.63) is 52.2 Å². The van der Waals surface area contributed by atoms with Crippen molar-refractivity contribution < 1.29 is 14.3 Å². The van der Waals surface area contributed by atoms with Crippen molar-refractivity contribution in [2.75, 3.05) is 14.2 Å². The number of nitrogens with one attached hydrogen (secondary N) is 1. The van der Waals surface area contributed by atoms with Gasteiger partial charge in [0.2, 0.25) is 5.91 Å². The second-order valence-electron chi connectivity index (χ2n) is 5.69. The minimum atomic E-state index is -0.114. The molecule has 0 radical (unpaired) electrons. The van der Waals surface area contributed by atoms with Crippen LogP contribution in [0.25, 0.3) is 6.08 Å². The fourth-order valence-corrected chi connectivity index (χ4v) is 3.31. The molecule has 1 amide bonds. The maximum Gasteiger partial charge on any atom is 0.244 e. The van der Waals surface area contributed by atoms with E-state index in [0.29, 0.717) is 17.4 Å². The van der Waals surface area contributed by atoms with E-state index < -0.39 is 0 Å². The van der Waals surface area contributed by atoms with Crippen LogP contribution in [-0.2, 0) is 4.79 Å². The minimum absolute atomic E-state index is 0.0209. The fourth-order valence-electron chi connectivity index (χ4n) is 2.36. The van der Waals surface area contributed by atoms with Crippen LogP contribution in [0.1, 0.15) is 30.3 Å². The van der Waals surface area contributed by atoms with Crippen molar-refractivity contribution >= 4 is 23.3 Å². The lowest BCUT2D eigenvalue weighted by Gasteiger charge is -2.20. The number of ether oxygens (including phenoxy) is 2. The van der Waals surface area contributed by atoms with Gasteiger partial charge < -0.3 is 14.8 Å². The topological polar surface area (TPSA) is 47.6 Å². The van der Waals surface area contributed by atoms with Crippen molar-refractivity contribution in [2.24, 2.45) is 5.92 Å². The number of hydrogen-bond donors (Lipinski definition) is 1. The van der Waals surface area contributed by atoms with Gasteiger partial charge in [-0.1, -0.05) is 26.0 Å². The smallest absolute Gasteiger partial charge is 0.244 e. The van der Waals surface area contributed by atoms with E-state index in [1.165, 1.54) is 0 Å². The normalized spacial score (nSPS) is 12.4. The number of amides is 1. The van der Waals surface area contributed by atoms with Crippen molar-refractivity contribution in [2.45, 2.75) is 19.9 Å². The molecule has 0 saturated carbocycles. The Morgan fingerprint density at radius 3 is 2.50 bits per heavy atom. The molecule has 0 spiro atoms. The summed E-state index contributed by atoms with van der Waals surface area (Å²) >= 11 is 1.66. The lowest BCUT2D eigenvalue weighted by Crippen LogP contribution is -2.29. The van der Waals surface area contributed by atoms with E-state index >= 15 is 0 Å². The molecule has 1 atom stereocenters. The van der Waals surface area contributed by atoms with Gasteiger partial charge in [-0.25, -0.2) is 0 Å². The zero-order valence-corrected chi connectivity index (χ0v) is 15.2. The molecule has 0 aliphatic heterocycles. The first-order valence-electron chi connectivity index (χ1n) is 7.79. The second kappa shape index (κ2) is 8.55. The highest BCUT2D eigenvalue weighted by Crippen LogP contribution is 2.28. The lowest BCUT2D eigenvalue weighted by molar-refractivity contribution is -0.117. The van der Waals surface area contributed by atoms with Gasteiger partial charge in [-0.2, -0.15) is 0 Å². The van der Waals surface area contributed by atoms with Crippen LogP contribution in [0.4, 0.5) is 0 Å². The lowest BCUT2D eigenvalue weighted by atomic mass is 10.0. The Morgan fingerprint density at radius 1 is 1.17 bits per heavy atom. The van der Waals surface area contributed by atoms with Crippen LogP contribution in [0.15, 0.2) is 41.8 Å². The Bertz CT molecular complexity index is 693. The van der Waals surface area contributed by atoms with Crippen molar-refractivity contribution in [1.82, 2.24) is 5.32 Å². The Kier molecular flexibility index (Phi) is 6.44. The number of hydrogen-bond acceptors (Lipinski definition) is 4. The molecule has 1 aromatic heterocycles. The molecule has 0 saturated heterocycles. The standard InChI is InChI=1S/C19H23NO3S/c1-13(2)19(17-6-5-11-24-17)20-18(21)10-8-14-7-9-15(22-3)16(12-14)23-4/h5-13,19H,1-4H3,(H,20,21)/b10-8+/t19-/m1/s1. The summed E-state index contributed by atoms with van der Waals surface area (Å²) in [6, 6.07) is 9.60. The largest absolute Gasteiger partial charge is 0.493 e. The molecule has 1 aromatic carbocycles. The van der Waals surface area contributed by atoms with Crippen LogP contribution in [0.2, 0.25) is 0 Å². The number of rotatable bonds is 7. The molecule has 128 valence electrons. The van der Waals surface area contributed by atoms with E-state index in [9.17, 15) is 4.79 Å². The highest BCUT2D eigenvalue weighted by atomic mass is 32.1. The number of carbonyl (C=O) groups excluding carboxylic acids is 1. The zero-order valence-electron chi connectivity index (χ0n) is 14.4. The van der Waals surface area contributed by atoms with Gasteiger partial charge in [0.1, 0.15) is 0 Å². The van der Waals surface area contributed by atoms with E-state index in [-0.39, 0.29) is 11.9 Å². The highest BCUT2D eigenvalue weighted by Gasteiger charge is 2.18. The zero-order chi connectivity index (χ0) is 17.5. The summed E-state index contributed by atoms with van der Waals surface area (Å²) < 4.78 is 10.5. The van der Waals surface area contributed by atoms with Crippen LogP contribution in [0, 0.1) is 5.92 Å². The average molecular weight is 345 g/mol.